The maximum Gasteiger partial charge on any atom is 0.0516 e. The summed E-state index contributed by atoms with van der Waals surface area (Å²) in [5.41, 5.74) is 0. The SMILES string of the molecule is CSCCC1S[C@H](C)[C@@H](C)S1. The van der Waals surface area contributed by atoms with Crippen molar-refractivity contribution in [2.45, 2.75) is 35.4 Å². The second-order valence-electron chi connectivity index (χ2n) is 2.89. The minimum atomic E-state index is 0.867. The van der Waals surface area contributed by atoms with Crippen molar-refractivity contribution in [1.29, 1.82) is 0 Å². The van der Waals surface area contributed by atoms with Crippen LogP contribution in [-0.4, -0.2) is 27.1 Å². The fourth-order valence-electron chi connectivity index (χ4n) is 1.08. The summed E-state index contributed by atoms with van der Waals surface area (Å²) in [5.74, 6) is 1.32. The third kappa shape index (κ3) is 3.11. The van der Waals surface area contributed by atoms with Gasteiger partial charge in [-0.25, -0.2) is 0 Å². The summed E-state index contributed by atoms with van der Waals surface area (Å²) in [6.07, 6.45) is 3.57. The lowest BCUT2D eigenvalue weighted by Crippen LogP contribution is -2.04. The van der Waals surface area contributed by atoms with Crippen LogP contribution < -0.4 is 0 Å². The van der Waals surface area contributed by atoms with E-state index in [2.05, 4.69) is 43.6 Å². The summed E-state index contributed by atoms with van der Waals surface area (Å²) in [6, 6.07) is 0. The van der Waals surface area contributed by atoms with Crippen molar-refractivity contribution in [2.24, 2.45) is 0 Å². The number of thioether (sulfide) groups is 3. The first kappa shape index (κ1) is 10.1. The first-order valence-corrected chi connectivity index (χ1v) is 7.32. The Kier molecular flexibility index (Phi) is 4.54. The highest BCUT2D eigenvalue weighted by Crippen LogP contribution is 2.44. The Morgan fingerprint density at radius 2 is 1.73 bits per heavy atom. The van der Waals surface area contributed by atoms with Crippen molar-refractivity contribution in [1.82, 2.24) is 0 Å². The molecule has 0 spiro atoms. The summed E-state index contributed by atoms with van der Waals surface area (Å²) in [6.45, 7) is 4.70. The molecule has 2 atom stereocenters. The smallest absolute Gasteiger partial charge is 0.0516 e. The molecule has 1 rings (SSSR count). The largest absolute Gasteiger partial charge is 0.165 e. The van der Waals surface area contributed by atoms with Crippen LogP contribution in [0.25, 0.3) is 0 Å². The third-order valence-electron chi connectivity index (χ3n) is 1.95. The molecule has 1 aliphatic heterocycles. The highest BCUT2D eigenvalue weighted by atomic mass is 32.2. The van der Waals surface area contributed by atoms with Crippen molar-refractivity contribution in [2.75, 3.05) is 12.0 Å². The topological polar surface area (TPSA) is 0 Å². The predicted octanol–water partition coefficient (Wildman–Crippen LogP) is 3.32. The zero-order chi connectivity index (χ0) is 8.27. The molecule has 0 bridgehead atoms. The minimum absolute atomic E-state index is 0.867. The van der Waals surface area contributed by atoms with Crippen molar-refractivity contribution in [3.05, 3.63) is 0 Å². The minimum Gasteiger partial charge on any atom is -0.165 e. The molecule has 11 heavy (non-hydrogen) atoms. The lowest BCUT2D eigenvalue weighted by atomic mass is 10.4. The maximum absolute atomic E-state index is 2.35. The molecule has 0 aliphatic carbocycles. The standard InChI is InChI=1S/C8H16S3/c1-6-7(2)11-8(10-6)4-5-9-3/h6-8H,4-5H2,1-3H3/t6-,7-/m1/s1. The molecular weight excluding hydrogens is 192 g/mol. The molecule has 0 aromatic heterocycles. The summed E-state index contributed by atoms with van der Waals surface area (Å²) < 4.78 is 0.882. The lowest BCUT2D eigenvalue weighted by Gasteiger charge is -2.05. The van der Waals surface area contributed by atoms with Gasteiger partial charge in [0.25, 0.3) is 0 Å². The van der Waals surface area contributed by atoms with Gasteiger partial charge in [-0.2, -0.15) is 11.8 Å². The van der Waals surface area contributed by atoms with Crippen molar-refractivity contribution in [3.8, 4) is 0 Å². The maximum atomic E-state index is 2.35. The van der Waals surface area contributed by atoms with E-state index in [9.17, 15) is 0 Å². The van der Waals surface area contributed by atoms with Crippen molar-refractivity contribution < 1.29 is 0 Å². The molecule has 0 N–H and O–H groups in total. The molecule has 0 unspecified atom stereocenters. The van der Waals surface area contributed by atoms with Gasteiger partial charge in [0.1, 0.15) is 0 Å². The van der Waals surface area contributed by atoms with Gasteiger partial charge in [-0.1, -0.05) is 13.8 Å². The number of rotatable bonds is 3. The van der Waals surface area contributed by atoms with Crippen molar-refractivity contribution >= 4 is 35.3 Å². The second kappa shape index (κ2) is 4.93. The average Bonchev–Trinajstić information content (AvgIpc) is 2.28. The Bertz CT molecular complexity index is 106. The summed E-state index contributed by atoms with van der Waals surface area (Å²) in [4.78, 5) is 0. The van der Waals surface area contributed by atoms with E-state index in [0.717, 1.165) is 15.1 Å². The molecule has 1 heterocycles. The lowest BCUT2D eigenvalue weighted by molar-refractivity contribution is 0.941. The molecule has 0 radical (unpaired) electrons. The van der Waals surface area contributed by atoms with E-state index in [0.29, 0.717) is 0 Å². The van der Waals surface area contributed by atoms with Crippen LogP contribution >= 0.6 is 35.3 Å². The van der Waals surface area contributed by atoms with Crippen LogP contribution in [0, 0.1) is 0 Å². The molecule has 1 saturated heterocycles. The van der Waals surface area contributed by atoms with Crippen molar-refractivity contribution in [3.63, 3.8) is 0 Å². The fraction of sp³-hybridized carbons (Fsp3) is 1.00. The van der Waals surface area contributed by atoms with Crippen LogP contribution in [0.1, 0.15) is 20.3 Å². The molecule has 0 nitrogen and oxygen atoms in total. The van der Waals surface area contributed by atoms with Gasteiger partial charge in [0, 0.05) is 10.5 Å². The molecule has 0 aromatic rings. The number of hydrogen-bond acceptors (Lipinski definition) is 3. The van der Waals surface area contributed by atoms with Gasteiger partial charge in [-0.05, 0) is 18.4 Å². The van der Waals surface area contributed by atoms with E-state index in [-0.39, 0.29) is 0 Å². The Hall–Kier alpha value is 1.05. The van der Waals surface area contributed by atoms with Crippen LogP contribution in [0.2, 0.25) is 0 Å². The van der Waals surface area contributed by atoms with Crippen LogP contribution in [0.4, 0.5) is 0 Å². The summed E-state index contributed by atoms with van der Waals surface area (Å²) in [5, 5.41) is 1.73. The van der Waals surface area contributed by atoms with E-state index < -0.39 is 0 Å². The van der Waals surface area contributed by atoms with Crippen LogP contribution in [0.15, 0.2) is 0 Å². The fourth-order valence-corrected chi connectivity index (χ4v) is 5.45. The molecular formula is C8H16S3. The molecule has 3 heteroatoms. The highest BCUT2D eigenvalue weighted by molar-refractivity contribution is 8.20. The van der Waals surface area contributed by atoms with Gasteiger partial charge in [0.2, 0.25) is 0 Å². The summed E-state index contributed by atoms with van der Waals surface area (Å²) in [7, 11) is 0. The second-order valence-corrected chi connectivity index (χ2v) is 7.35. The number of hydrogen-bond donors (Lipinski definition) is 0. The Morgan fingerprint density at radius 1 is 1.18 bits per heavy atom. The van der Waals surface area contributed by atoms with E-state index in [1.807, 2.05) is 11.8 Å². The molecule has 0 aromatic carbocycles. The van der Waals surface area contributed by atoms with Crippen LogP contribution in [-0.2, 0) is 0 Å². The Morgan fingerprint density at radius 3 is 2.18 bits per heavy atom. The van der Waals surface area contributed by atoms with Gasteiger partial charge >= 0.3 is 0 Å². The van der Waals surface area contributed by atoms with Crippen LogP contribution in [0.5, 0.6) is 0 Å². The van der Waals surface area contributed by atoms with Gasteiger partial charge in [-0.3, -0.25) is 0 Å². The molecule has 0 amide bonds. The van der Waals surface area contributed by atoms with E-state index in [4.69, 9.17) is 0 Å². The molecule has 1 aliphatic rings. The zero-order valence-corrected chi connectivity index (χ0v) is 9.82. The molecule has 1 fully saturated rings. The van der Waals surface area contributed by atoms with E-state index in [1.165, 1.54) is 12.2 Å². The molecule has 0 saturated carbocycles. The Balaban J connectivity index is 2.18. The highest BCUT2D eigenvalue weighted by Gasteiger charge is 2.28. The average molecular weight is 208 g/mol. The van der Waals surface area contributed by atoms with Gasteiger partial charge in [0.05, 0.1) is 4.58 Å². The summed E-state index contributed by atoms with van der Waals surface area (Å²) >= 11 is 6.29. The Labute approximate surface area is 82.7 Å². The zero-order valence-electron chi connectivity index (χ0n) is 7.37. The van der Waals surface area contributed by atoms with Crippen LogP contribution in [0.3, 0.4) is 0 Å². The predicted molar refractivity (Wildman–Crippen MR) is 60.9 cm³/mol. The van der Waals surface area contributed by atoms with Gasteiger partial charge < -0.3 is 0 Å². The monoisotopic (exact) mass is 208 g/mol. The molecule has 66 valence electrons. The quantitative estimate of drug-likeness (QED) is 0.698. The van der Waals surface area contributed by atoms with E-state index in [1.54, 1.807) is 0 Å². The van der Waals surface area contributed by atoms with Gasteiger partial charge in [0.15, 0.2) is 0 Å². The normalized spacial score (nSPS) is 33.0. The third-order valence-corrected chi connectivity index (χ3v) is 6.19. The first-order valence-electron chi connectivity index (χ1n) is 4.04. The van der Waals surface area contributed by atoms with E-state index >= 15 is 0 Å². The van der Waals surface area contributed by atoms with Gasteiger partial charge in [-0.15, -0.1) is 23.5 Å². The first-order chi connectivity index (χ1) is 5.24.